The van der Waals surface area contributed by atoms with Gasteiger partial charge in [-0.05, 0) is 18.1 Å². The van der Waals surface area contributed by atoms with Gasteiger partial charge in [0.1, 0.15) is 5.54 Å². The molecule has 0 spiro atoms. The van der Waals surface area contributed by atoms with Crippen LogP contribution >= 0.6 is 0 Å². The Morgan fingerprint density at radius 3 is 2.04 bits per heavy atom. The van der Waals surface area contributed by atoms with Gasteiger partial charge in [-0.15, -0.1) is 0 Å². The zero-order valence-electron chi connectivity index (χ0n) is 14.5. The van der Waals surface area contributed by atoms with E-state index in [0.717, 1.165) is 16.8 Å². The lowest BCUT2D eigenvalue weighted by Crippen LogP contribution is -2.50. The molecule has 1 aliphatic rings. The van der Waals surface area contributed by atoms with E-state index in [4.69, 9.17) is 4.74 Å². The first kappa shape index (κ1) is 16.2. The van der Waals surface area contributed by atoms with E-state index in [1.54, 1.807) is 0 Å². The van der Waals surface area contributed by atoms with Gasteiger partial charge in [0.25, 0.3) is 0 Å². The van der Waals surface area contributed by atoms with E-state index in [2.05, 4.69) is 18.9 Å². The van der Waals surface area contributed by atoms with Crippen LogP contribution in [0.3, 0.4) is 0 Å². The van der Waals surface area contributed by atoms with Crippen LogP contribution < -0.4 is 0 Å². The van der Waals surface area contributed by atoms with Crippen molar-refractivity contribution >= 4 is 11.8 Å². The maximum Gasteiger partial charge on any atom is 0.430 e. The third-order valence-electron chi connectivity index (χ3n) is 5.16. The first-order chi connectivity index (χ1) is 11.4. The number of hydrogen-bond acceptors (Lipinski definition) is 3. The minimum atomic E-state index is -0.646. The van der Waals surface area contributed by atoms with Crippen molar-refractivity contribution in [3.63, 3.8) is 0 Å². The number of benzene rings is 2. The summed E-state index contributed by atoms with van der Waals surface area (Å²) < 4.78 is 5.01. The molecule has 0 aromatic heterocycles. The van der Waals surface area contributed by atoms with Crippen LogP contribution in [0.2, 0.25) is 0 Å². The number of nitrogens with zero attached hydrogens (tertiary/aromatic N) is 2. The minimum absolute atomic E-state index is 0.399. The van der Waals surface area contributed by atoms with E-state index in [0.29, 0.717) is 0 Å². The molecule has 0 fully saturated rings. The first-order valence-electron chi connectivity index (χ1n) is 8.01. The number of ether oxygens (including phenoxy) is 1. The van der Waals surface area contributed by atoms with Crippen LogP contribution in [0.4, 0.5) is 4.79 Å². The molecule has 4 nitrogen and oxygen atoms in total. The van der Waals surface area contributed by atoms with Gasteiger partial charge < -0.3 is 4.74 Å². The molecular weight excluding hydrogens is 300 g/mol. The molecule has 1 amide bonds. The lowest BCUT2D eigenvalue weighted by molar-refractivity contribution is 0.0457. The summed E-state index contributed by atoms with van der Waals surface area (Å²) in [5, 5.41) is 6.16. The Hall–Kier alpha value is -2.62. The van der Waals surface area contributed by atoms with Crippen LogP contribution in [0.5, 0.6) is 0 Å². The van der Waals surface area contributed by atoms with Gasteiger partial charge in [-0.25, -0.2) is 4.79 Å². The lowest BCUT2D eigenvalue weighted by Gasteiger charge is -2.42. The molecule has 1 aliphatic heterocycles. The predicted molar refractivity (Wildman–Crippen MR) is 94.8 cm³/mol. The molecule has 0 N–H and O–H groups in total. The van der Waals surface area contributed by atoms with Crippen molar-refractivity contribution in [2.45, 2.75) is 26.3 Å². The van der Waals surface area contributed by atoms with Gasteiger partial charge in [0.2, 0.25) is 0 Å². The van der Waals surface area contributed by atoms with E-state index in [9.17, 15) is 4.79 Å². The molecule has 0 aliphatic carbocycles. The predicted octanol–water partition coefficient (Wildman–Crippen LogP) is 4.41. The van der Waals surface area contributed by atoms with Gasteiger partial charge >= 0.3 is 6.09 Å². The van der Waals surface area contributed by atoms with Gasteiger partial charge in [0, 0.05) is 5.41 Å². The van der Waals surface area contributed by atoms with Crippen molar-refractivity contribution < 1.29 is 9.53 Å². The summed E-state index contributed by atoms with van der Waals surface area (Å²) in [7, 11) is 1.39. The number of carbonyl (C=O) groups is 1. The Kier molecular flexibility index (Phi) is 3.91. The number of hydrazone groups is 1. The average molecular weight is 322 g/mol. The maximum absolute atomic E-state index is 12.5. The molecule has 0 saturated carbocycles. The number of methoxy groups -OCH3 is 1. The van der Waals surface area contributed by atoms with E-state index in [1.165, 1.54) is 12.1 Å². The third-order valence-corrected chi connectivity index (χ3v) is 5.16. The SMILES string of the molecule is COC(=O)N1N=C(c2ccccc2)C(C)(C)C1(C)c1ccccc1. The van der Waals surface area contributed by atoms with Crippen molar-refractivity contribution in [3.8, 4) is 0 Å². The highest BCUT2D eigenvalue weighted by Crippen LogP contribution is 2.51. The van der Waals surface area contributed by atoms with Gasteiger partial charge in [-0.3, -0.25) is 0 Å². The standard InChI is InChI=1S/C20H22N2O2/c1-19(2)17(15-11-7-5-8-12-15)21-22(18(23)24-4)20(19,3)16-13-9-6-10-14-16/h5-14H,1-4H3. The van der Waals surface area contributed by atoms with Crippen LogP contribution in [0, 0.1) is 5.41 Å². The second-order valence-corrected chi connectivity index (χ2v) is 6.66. The summed E-state index contributed by atoms with van der Waals surface area (Å²) in [4.78, 5) is 12.5. The number of amides is 1. The highest BCUT2D eigenvalue weighted by Gasteiger charge is 2.57. The van der Waals surface area contributed by atoms with E-state index >= 15 is 0 Å². The molecule has 1 atom stereocenters. The number of carbonyl (C=O) groups excluding carboxylic acids is 1. The third kappa shape index (κ3) is 2.21. The second kappa shape index (κ2) is 5.78. The monoisotopic (exact) mass is 322 g/mol. The van der Waals surface area contributed by atoms with Gasteiger partial charge in [-0.2, -0.15) is 10.1 Å². The molecule has 1 unspecified atom stereocenters. The normalized spacial score (nSPS) is 22.2. The molecule has 2 aromatic carbocycles. The van der Waals surface area contributed by atoms with E-state index in [-0.39, 0.29) is 0 Å². The van der Waals surface area contributed by atoms with Crippen LogP contribution in [0.1, 0.15) is 31.9 Å². The molecule has 0 bridgehead atoms. The summed E-state index contributed by atoms with van der Waals surface area (Å²) in [6, 6.07) is 20.0. The smallest absolute Gasteiger partial charge is 0.430 e. The molecule has 3 rings (SSSR count). The molecule has 1 heterocycles. The minimum Gasteiger partial charge on any atom is -0.451 e. The molecule has 24 heavy (non-hydrogen) atoms. The number of rotatable bonds is 2. The van der Waals surface area contributed by atoms with E-state index < -0.39 is 17.0 Å². The Morgan fingerprint density at radius 1 is 0.958 bits per heavy atom. The Bertz CT molecular complexity index is 769. The fourth-order valence-corrected chi connectivity index (χ4v) is 3.39. The summed E-state index contributed by atoms with van der Waals surface area (Å²) in [5.74, 6) is 0. The Labute approximate surface area is 142 Å². The van der Waals surface area contributed by atoms with Crippen molar-refractivity contribution in [3.05, 3.63) is 71.8 Å². The molecule has 0 radical (unpaired) electrons. The van der Waals surface area contributed by atoms with Crippen molar-refractivity contribution in [1.82, 2.24) is 5.01 Å². The summed E-state index contributed by atoms with van der Waals surface area (Å²) in [6.45, 7) is 6.28. The van der Waals surface area contributed by atoms with Crippen LogP contribution in [0.15, 0.2) is 65.8 Å². The van der Waals surface area contributed by atoms with Gasteiger partial charge in [0.05, 0.1) is 12.8 Å². The average Bonchev–Trinajstić information content (AvgIpc) is 2.83. The van der Waals surface area contributed by atoms with Crippen LogP contribution in [0.25, 0.3) is 0 Å². The topological polar surface area (TPSA) is 41.9 Å². The van der Waals surface area contributed by atoms with Crippen LogP contribution in [-0.4, -0.2) is 23.9 Å². The quantitative estimate of drug-likeness (QED) is 0.821. The number of hydrogen-bond donors (Lipinski definition) is 0. The second-order valence-electron chi connectivity index (χ2n) is 6.66. The van der Waals surface area contributed by atoms with E-state index in [1.807, 2.05) is 67.6 Å². The highest BCUT2D eigenvalue weighted by atomic mass is 16.5. The van der Waals surface area contributed by atoms with Crippen molar-refractivity contribution in [2.75, 3.05) is 7.11 Å². The Morgan fingerprint density at radius 2 is 1.50 bits per heavy atom. The zero-order chi connectivity index (χ0) is 17.4. The van der Waals surface area contributed by atoms with Crippen molar-refractivity contribution in [2.24, 2.45) is 10.5 Å². The highest BCUT2D eigenvalue weighted by molar-refractivity contribution is 6.07. The summed E-state index contributed by atoms with van der Waals surface area (Å²) in [5.41, 5.74) is 1.86. The molecule has 0 saturated heterocycles. The van der Waals surface area contributed by atoms with Crippen molar-refractivity contribution in [1.29, 1.82) is 0 Å². The van der Waals surface area contributed by atoms with Crippen LogP contribution in [-0.2, 0) is 10.3 Å². The lowest BCUT2D eigenvalue weighted by atomic mass is 9.66. The molecule has 2 aromatic rings. The van der Waals surface area contributed by atoms with Gasteiger partial charge in [-0.1, -0.05) is 74.5 Å². The summed E-state index contributed by atoms with van der Waals surface area (Å²) >= 11 is 0. The molecule has 124 valence electrons. The fourth-order valence-electron chi connectivity index (χ4n) is 3.39. The Balaban J connectivity index is 2.20. The fraction of sp³-hybridized carbons (Fsp3) is 0.300. The molecule has 4 heteroatoms. The van der Waals surface area contributed by atoms with Gasteiger partial charge in [0.15, 0.2) is 0 Å². The summed E-state index contributed by atoms with van der Waals surface area (Å²) in [6.07, 6.45) is -0.458. The first-order valence-corrected chi connectivity index (χ1v) is 8.01. The molecular formula is C20H22N2O2. The zero-order valence-corrected chi connectivity index (χ0v) is 14.5. The largest absolute Gasteiger partial charge is 0.451 e. The maximum atomic E-state index is 12.5.